The van der Waals surface area contributed by atoms with Crippen LogP contribution in [0.25, 0.3) is 0 Å². The van der Waals surface area contributed by atoms with Crippen molar-refractivity contribution >= 4 is 39.1 Å². The summed E-state index contributed by atoms with van der Waals surface area (Å²) in [5.74, 6) is -5.64. The van der Waals surface area contributed by atoms with Crippen LogP contribution in [-0.4, -0.2) is 83.1 Å². The van der Waals surface area contributed by atoms with Gasteiger partial charge in [0.25, 0.3) is 0 Å². The van der Waals surface area contributed by atoms with Crippen LogP contribution in [0.1, 0.15) is 90.1 Å². The number of carbonyl (C=O) groups is 5. The Morgan fingerprint density at radius 2 is 1.55 bits per heavy atom. The molecule has 6 rings (SSSR count). The highest BCUT2D eigenvalue weighted by Crippen LogP contribution is 2.65. The summed E-state index contributed by atoms with van der Waals surface area (Å²) in [5, 5.41) is 13.7. The Balaban J connectivity index is 1.58. The predicted molar refractivity (Wildman–Crippen MR) is 201 cm³/mol. The number of ether oxygens (including phenoxy) is 5. The van der Waals surface area contributed by atoms with Gasteiger partial charge < -0.3 is 33.3 Å². The van der Waals surface area contributed by atoms with E-state index >= 15 is 4.79 Å². The third kappa shape index (κ3) is 6.52. The van der Waals surface area contributed by atoms with E-state index in [0.717, 1.165) is 5.56 Å². The SMILES string of the molecule is CC(=O)O[C@H]1C(=O)[C@@]2(C)[C@H]([C@H](OC(=O)c3ccccc3)[C@]3(O)C[C@H](OC(=O)[C@H](OP)[C@@H](C)c4ccccc4)C(C)=C1C3(C)C)[C@]1(OC(C)=O)CO[C@@H]1C[C@@H]2C. The first-order valence-electron chi connectivity index (χ1n) is 18.7. The minimum absolute atomic E-state index is 0.143. The second-order valence-corrected chi connectivity index (χ2v) is 16.6. The molecule has 1 saturated heterocycles. The molecule has 3 aliphatic carbocycles. The first-order chi connectivity index (χ1) is 25.8. The monoisotopic (exact) mass is 778 g/mol. The molecule has 13 heteroatoms. The van der Waals surface area contributed by atoms with Gasteiger partial charge in [-0.2, -0.15) is 0 Å². The van der Waals surface area contributed by atoms with E-state index in [1.807, 2.05) is 44.2 Å². The van der Waals surface area contributed by atoms with Crippen molar-refractivity contribution in [3.05, 3.63) is 82.9 Å². The summed E-state index contributed by atoms with van der Waals surface area (Å²) in [6, 6.07) is 17.5. The second-order valence-electron chi connectivity index (χ2n) is 16.3. The average molecular weight is 779 g/mol. The molecule has 2 aromatic carbocycles. The van der Waals surface area contributed by atoms with Gasteiger partial charge in [0.2, 0.25) is 0 Å². The highest BCUT2D eigenvalue weighted by molar-refractivity contribution is 7.09. The average Bonchev–Trinajstić information content (AvgIpc) is 3.13. The molecule has 2 bridgehead atoms. The number of esters is 4. The first-order valence-corrected chi connectivity index (χ1v) is 19.2. The fourth-order valence-corrected chi connectivity index (χ4v) is 10.2. The Kier molecular flexibility index (Phi) is 11.0. The fraction of sp³-hybridized carbons (Fsp3) is 0.548. The standard InChI is InChI=1S/C42H51O12P/c1-22-19-30-41(21-49-30,53-26(5)44)34-36(52-37(46)28-17-13-10-14-18-28)42(48)20-29(51-38(47)32(54-55)23(2)27-15-11-9-12-16-27)24(3)31(39(42,6)7)33(50-25(4)43)35(45)40(22,34)8/h9-18,22-23,29-30,32-34,36,48H,19-21,55H2,1-8H3/t22-,23-,29-,30+,32+,33+,34-,36-,40+,41-,42+/m0/s1. The van der Waals surface area contributed by atoms with Crippen LogP contribution in [-0.2, 0) is 47.4 Å². The van der Waals surface area contributed by atoms with E-state index in [0.29, 0.717) is 5.57 Å². The van der Waals surface area contributed by atoms with Gasteiger partial charge in [0, 0.05) is 46.5 Å². The molecule has 0 aromatic heterocycles. The van der Waals surface area contributed by atoms with Gasteiger partial charge in [0.15, 0.2) is 23.6 Å². The molecule has 2 aromatic rings. The molecule has 296 valence electrons. The zero-order valence-corrected chi connectivity index (χ0v) is 33.7. The Hall–Kier alpha value is -3.96. The quantitative estimate of drug-likeness (QED) is 0.149. The molecule has 4 aliphatic rings. The number of hydrogen-bond acceptors (Lipinski definition) is 12. The van der Waals surface area contributed by atoms with Crippen LogP contribution in [0.15, 0.2) is 71.8 Å². The van der Waals surface area contributed by atoms with E-state index in [2.05, 4.69) is 9.47 Å². The molecule has 0 radical (unpaired) electrons. The lowest BCUT2D eigenvalue weighted by Crippen LogP contribution is -2.80. The van der Waals surface area contributed by atoms with Crippen LogP contribution in [0.3, 0.4) is 0 Å². The molecule has 0 amide bonds. The number of hydrogen-bond donors (Lipinski definition) is 1. The van der Waals surface area contributed by atoms with Gasteiger partial charge in [-0.15, -0.1) is 0 Å². The van der Waals surface area contributed by atoms with Gasteiger partial charge in [-0.25, -0.2) is 9.59 Å². The summed E-state index contributed by atoms with van der Waals surface area (Å²) >= 11 is 0. The lowest BCUT2D eigenvalue weighted by molar-refractivity contribution is -0.340. The molecule has 1 heterocycles. The number of fused-ring (bicyclic) bond motifs is 5. The van der Waals surface area contributed by atoms with Gasteiger partial charge in [-0.1, -0.05) is 83.1 Å². The maximum absolute atomic E-state index is 15.5. The molecule has 2 saturated carbocycles. The van der Waals surface area contributed by atoms with Crippen LogP contribution in [0.4, 0.5) is 0 Å². The van der Waals surface area contributed by atoms with Gasteiger partial charge >= 0.3 is 23.9 Å². The van der Waals surface area contributed by atoms with Crippen molar-refractivity contribution in [3.8, 4) is 0 Å². The molecule has 1 N–H and O–H groups in total. The molecule has 12 atom stereocenters. The van der Waals surface area contributed by atoms with Crippen LogP contribution in [0.2, 0.25) is 0 Å². The summed E-state index contributed by atoms with van der Waals surface area (Å²) in [4.78, 5) is 69.8. The lowest BCUT2D eigenvalue weighted by Gasteiger charge is -2.68. The maximum atomic E-state index is 15.5. The van der Waals surface area contributed by atoms with Crippen LogP contribution in [0, 0.1) is 22.7 Å². The van der Waals surface area contributed by atoms with Crippen LogP contribution < -0.4 is 0 Å². The van der Waals surface area contributed by atoms with Crippen molar-refractivity contribution in [1.82, 2.24) is 0 Å². The zero-order valence-electron chi connectivity index (χ0n) is 32.5. The van der Waals surface area contributed by atoms with Gasteiger partial charge in [0.1, 0.15) is 23.9 Å². The Morgan fingerprint density at radius 1 is 0.927 bits per heavy atom. The number of rotatable bonds is 9. The molecule has 0 spiro atoms. The van der Waals surface area contributed by atoms with Crippen molar-refractivity contribution in [3.63, 3.8) is 0 Å². The maximum Gasteiger partial charge on any atom is 0.338 e. The molecule has 1 aliphatic heterocycles. The van der Waals surface area contributed by atoms with E-state index in [9.17, 15) is 24.3 Å². The summed E-state index contributed by atoms with van der Waals surface area (Å²) in [6.07, 6.45) is -6.14. The molecule has 1 unspecified atom stereocenters. The highest BCUT2D eigenvalue weighted by atomic mass is 31.0. The smallest absolute Gasteiger partial charge is 0.338 e. The number of carbonyl (C=O) groups excluding carboxylic acids is 5. The second kappa shape index (κ2) is 14.8. The van der Waals surface area contributed by atoms with Crippen LogP contribution >= 0.6 is 9.47 Å². The highest BCUT2D eigenvalue weighted by Gasteiger charge is 2.77. The van der Waals surface area contributed by atoms with Gasteiger partial charge in [-0.05, 0) is 48.1 Å². The normalized spacial score (nSPS) is 34.6. The number of aliphatic hydroxyl groups is 1. The molecular weight excluding hydrogens is 727 g/mol. The number of ketones is 1. The summed E-state index contributed by atoms with van der Waals surface area (Å²) in [6.45, 7) is 12.7. The molecule has 55 heavy (non-hydrogen) atoms. The number of Topliss-reactive ketones (excluding diaryl/α,β-unsaturated/α-hetero) is 1. The van der Waals surface area contributed by atoms with Crippen molar-refractivity contribution in [2.75, 3.05) is 6.61 Å². The lowest BCUT2D eigenvalue weighted by atomic mass is 9.43. The summed E-state index contributed by atoms with van der Waals surface area (Å²) < 4.78 is 36.5. The predicted octanol–water partition coefficient (Wildman–Crippen LogP) is 5.46. The first kappa shape index (κ1) is 40.7. The molecule has 12 nitrogen and oxygen atoms in total. The van der Waals surface area contributed by atoms with E-state index in [1.54, 1.807) is 58.0 Å². The minimum atomic E-state index is -2.14. The van der Waals surface area contributed by atoms with Crippen molar-refractivity contribution in [1.29, 1.82) is 0 Å². The topological polar surface area (TPSA) is 161 Å². The van der Waals surface area contributed by atoms with Crippen molar-refractivity contribution < 1.29 is 57.3 Å². The van der Waals surface area contributed by atoms with E-state index in [4.69, 9.17) is 28.2 Å². The Bertz CT molecular complexity index is 1880. The van der Waals surface area contributed by atoms with Crippen LogP contribution in [0.5, 0.6) is 0 Å². The zero-order chi connectivity index (χ0) is 40.2. The molecular formula is C42H51O12P. The Labute approximate surface area is 323 Å². The third-order valence-corrected chi connectivity index (χ3v) is 13.4. The largest absolute Gasteiger partial charge is 0.456 e. The van der Waals surface area contributed by atoms with E-state index in [-0.39, 0.29) is 30.6 Å². The fourth-order valence-electron chi connectivity index (χ4n) is 9.83. The number of benzene rings is 2. The van der Waals surface area contributed by atoms with Gasteiger partial charge in [0.05, 0.1) is 18.1 Å². The minimum Gasteiger partial charge on any atom is -0.456 e. The van der Waals surface area contributed by atoms with E-state index < -0.39 is 100.0 Å². The molecule has 3 fully saturated rings. The van der Waals surface area contributed by atoms with Crippen molar-refractivity contribution in [2.24, 2.45) is 22.7 Å². The van der Waals surface area contributed by atoms with Crippen molar-refractivity contribution in [2.45, 2.75) is 116 Å². The summed E-state index contributed by atoms with van der Waals surface area (Å²) in [7, 11) is 2.12. The van der Waals surface area contributed by atoms with E-state index in [1.165, 1.54) is 13.8 Å². The van der Waals surface area contributed by atoms with Gasteiger partial charge in [-0.3, -0.25) is 14.4 Å². The summed E-state index contributed by atoms with van der Waals surface area (Å²) in [5.41, 5.74) is -5.05. The third-order valence-electron chi connectivity index (χ3n) is 13.1. The Morgan fingerprint density at radius 3 is 2.09 bits per heavy atom.